The molecule has 354 valence electrons. The van der Waals surface area contributed by atoms with Crippen LogP contribution in [0.2, 0.25) is 0 Å². The van der Waals surface area contributed by atoms with Crippen molar-refractivity contribution in [2.75, 3.05) is 19.7 Å². The van der Waals surface area contributed by atoms with E-state index in [1.54, 1.807) is 24.3 Å². The lowest BCUT2D eigenvalue weighted by atomic mass is 9.94. The van der Waals surface area contributed by atoms with E-state index in [1.165, 1.54) is 81.9 Å². The summed E-state index contributed by atoms with van der Waals surface area (Å²) < 4.78 is 11.3. The number of alkyl carbamates (subject to hydrolysis) is 1. The lowest BCUT2D eigenvalue weighted by Crippen LogP contribution is -2.69. The lowest BCUT2D eigenvalue weighted by molar-refractivity contribution is -0.231. The summed E-state index contributed by atoms with van der Waals surface area (Å²) in [5.74, 6) is -2.48. The molecule has 1 aliphatic rings. The molecule has 15 heteroatoms. The summed E-state index contributed by atoms with van der Waals surface area (Å²) in [5, 5.41) is 39.8. The zero-order chi connectivity index (χ0) is 45.4. The first-order valence-corrected chi connectivity index (χ1v) is 23.8. The summed E-state index contributed by atoms with van der Waals surface area (Å²) in [4.78, 5) is 66.3. The number of carbonyl (C=O) groups is 5. The highest BCUT2D eigenvalue weighted by molar-refractivity contribution is 5.90. The maximum Gasteiger partial charge on any atom is 0.408 e. The summed E-state index contributed by atoms with van der Waals surface area (Å²) in [6.45, 7) is 3.40. The first-order chi connectivity index (χ1) is 30.0. The predicted octanol–water partition coefficient (Wildman–Crippen LogP) is 6.04. The van der Waals surface area contributed by atoms with E-state index in [9.17, 15) is 39.3 Å². The number of amides is 5. The predicted molar refractivity (Wildman–Crippen MR) is 239 cm³/mol. The van der Waals surface area contributed by atoms with Gasteiger partial charge in [0.1, 0.15) is 37.0 Å². The fourth-order valence-corrected chi connectivity index (χ4v) is 7.76. The van der Waals surface area contributed by atoms with Gasteiger partial charge in [-0.2, -0.15) is 0 Å². The molecule has 62 heavy (non-hydrogen) atoms. The summed E-state index contributed by atoms with van der Waals surface area (Å²) in [7, 11) is 0. The van der Waals surface area contributed by atoms with Crippen LogP contribution in [0.3, 0.4) is 0 Å². The van der Waals surface area contributed by atoms with E-state index in [0.717, 1.165) is 50.5 Å². The van der Waals surface area contributed by atoms with E-state index in [-0.39, 0.29) is 38.3 Å². The number of hydrogen-bond donors (Lipinski definition) is 7. The molecule has 1 aromatic carbocycles. The number of nitrogens with zero attached hydrogens (tertiary/aromatic N) is 1. The Morgan fingerprint density at radius 1 is 0.742 bits per heavy atom. The number of carbonyl (C=O) groups excluding carboxylic acids is 5. The molecule has 5 amide bonds. The van der Waals surface area contributed by atoms with Gasteiger partial charge in [0.2, 0.25) is 23.6 Å². The zero-order valence-electron chi connectivity index (χ0n) is 37.9. The van der Waals surface area contributed by atoms with Crippen molar-refractivity contribution >= 4 is 29.7 Å². The molecule has 1 fully saturated rings. The molecule has 8 N–H and O–H groups in total. The monoisotopic (exact) mass is 876 g/mol. The van der Waals surface area contributed by atoms with Gasteiger partial charge >= 0.3 is 6.09 Å². The van der Waals surface area contributed by atoms with Gasteiger partial charge in [-0.15, -0.1) is 0 Å². The number of nitrogens with two attached hydrogens (primary N) is 1. The van der Waals surface area contributed by atoms with E-state index in [4.69, 9.17) is 15.2 Å². The molecule has 6 atom stereocenters. The topological polar surface area (TPSA) is 230 Å². The number of ether oxygens (including phenoxy) is 2. The molecule has 2 rings (SSSR count). The molecule has 1 aromatic rings. The van der Waals surface area contributed by atoms with Gasteiger partial charge in [0.15, 0.2) is 6.23 Å². The maximum absolute atomic E-state index is 14.0. The third-order valence-electron chi connectivity index (χ3n) is 11.5. The van der Waals surface area contributed by atoms with Crippen molar-refractivity contribution in [3.8, 4) is 0 Å². The highest BCUT2D eigenvalue weighted by Crippen LogP contribution is 2.26. The first kappa shape index (κ1) is 54.3. The van der Waals surface area contributed by atoms with Crippen molar-refractivity contribution in [2.45, 2.75) is 211 Å². The lowest BCUT2D eigenvalue weighted by Gasteiger charge is -2.47. The van der Waals surface area contributed by atoms with Crippen LogP contribution in [0.5, 0.6) is 0 Å². The number of unbranched alkanes of at least 4 members (excludes halogenated alkanes) is 19. The van der Waals surface area contributed by atoms with Crippen molar-refractivity contribution in [2.24, 2.45) is 5.73 Å². The molecule has 0 aliphatic carbocycles. The number of primary amides is 1. The number of aliphatic hydroxyl groups excluding tert-OH is 3. The number of nitrogens with one attached hydrogen (secondary N) is 3. The van der Waals surface area contributed by atoms with Crippen molar-refractivity contribution in [3.63, 3.8) is 0 Å². The highest BCUT2D eigenvalue weighted by atomic mass is 16.6. The molecule has 0 spiro atoms. The standard InChI is InChI=1S/C47H81N5O10/c1-3-5-7-9-11-13-14-15-17-19-21-26-32-52(41(56)29-25-20-18-16-12-10-8-6-4-2)46-42(44(58)43(57)38(34-53)62-46)51-40(55)33-49-45(59)37(30-31-39(48)54)50-47(60)61-35-36-27-23-22-24-28-36/h22-24,27-28,37-38,42-44,46,53,57-58H,3-21,25-26,29-35H2,1-2H3,(H2,48,54)(H,49,59)(H,50,60)(H,51,55)/t37-,38+,42+,43+,44+,46+/m0/s1. The quantitative estimate of drug-likeness (QED) is 0.0391. The summed E-state index contributed by atoms with van der Waals surface area (Å²) in [6.07, 6.45) is 16.7. The number of hydrogen-bond acceptors (Lipinski definition) is 10. The Morgan fingerprint density at radius 3 is 1.81 bits per heavy atom. The van der Waals surface area contributed by atoms with E-state index in [2.05, 4.69) is 29.8 Å². The Labute approximate surface area is 371 Å². The Bertz CT molecular complexity index is 1390. The van der Waals surface area contributed by atoms with Crippen molar-refractivity contribution in [1.82, 2.24) is 20.9 Å². The average molecular weight is 876 g/mol. The molecule has 1 aliphatic heterocycles. The minimum absolute atomic E-state index is 0.0623. The van der Waals surface area contributed by atoms with Crippen LogP contribution in [0.1, 0.15) is 174 Å². The van der Waals surface area contributed by atoms with E-state index < -0.39 is 73.6 Å². The van der Waals surface area contributed by atoms with Crippen LogP contribution in [0.4, 0.5) is 4.79 Å². The maximum atomic E-state index is 14.0. The van der Waals surface area contributed by atoms with Gasteiger partial charge in [0, 0.05) is 19.4 Å². The second-order valence-corrected chi connectivity index (χ2v) is 16.9. The van der Waals surface area contributed by atoms with Gasteiger partial charge in [-0.25, -0.2) is 4.79 Å². The zero-order valence-corrected chi connectivity index (χ0v) is 37.9. The number of rotatable bonds is 35. The van der Waals surface area contributed by atoms with E-state index >= 15 is 0 Å². The summed E-state index contributed by atoms with van der Waals surface area (Å²) in [6, 6.07) is 6.32. The van der Waals surface area contributed by atoms with Crippen LogP contribution < -0.4 is 21.7 Å². The molecule has 0 saturated carbocycles. The van der Waals surface area contributed by atoms with Crippen LogP contribution in [0, 0.1) is 0 Å². The Balaban J connectivity index is 2.10. The summed E-state index contributed by atoms with van der Waals surface area (Å²) in [5.41, 5.74) is 6.03. The summed E-state index contributed by atoms with van der Waals surface area (Å²) >= 11 is 0. The van der Waals surface area contributed by atoms with Crippen molar-refractivity contribution in [3.05, 3.63) is 35.9 Å². The molecular weight excluding hydrogens is 795 g/mol. The normalized spacial score (nSPS) is 19.0. The van der Waals surface area contributed by atoms with Gasteiger partial charge in [-0.1, -0.05) is 166 Å². The molecule has 0 unspecified atom stereocenters. The SMILES string of the molecule is CCCCCCCCCCCCCCN(C(=O)CCCCCCCCCCC)[C@@H]1O[C@H](CO)[C@@H](O)[C@H](O)[C@H]1NC(=O)CNC(=O)[C@H](CCC(N)=O)NC(=O)OCc1ccccc1. The van der Waals surface area contributed by atoms with Crippen LogP contribution in [0.15, 0.2) is 30.3 Å². The van der Waals surface area contributed by atoms with Crippen LogP contribution >= 0.6 is 0 Å². The second kappa shape index (κ2) is 33.7. The van der Waals surface area contributed by atoms with Gasteiger partial charge in [-0.05, 0) is 24.8 Å². The number of benzene rings is 1. The van der Waals surface area contributed by atoms with Crippen molar-refractivity contribution in [1.29, 1.82) is 0 Å². The van der Waals surface area contributed by atoms with Gasteiger partial charge in [-0.3, -0.25) is 19.2 Å². The highest BCUT2D eigenvalue weighted by Gasteiger charge is 2.48. The second-order valence-electron chi connectivity index (χ2n) is 16.9. The largest absolute Gasteiger partial charge is 0.445 e. The minimum Gasteiger partial charge on any atom is -0.445 e. The fraction of sp³-hybridized carbons (Fsp3) is 0.766. The Kier molecular flexibility index (Phi) is 29.6. The van der Waals surface area contributed by atoms with Gasteiger partial charge < -0.3 is 51.4 Å². The van der Waals surface area contributed by atoms with E-state index in [0.29, 0.717) is 12.8 Å². The third-order valence-corrected chi connectivity index (χ3v) is 11.5. The van der Waals surface area contributed by atoms with Gasteiger partial charge in [0.05, 0.1) is 13.2 Å². The Morgan fingerprint density at radius 2 is 1.27 bits per heavy atom. The molecule has 15 nitrogen and oxygen atoms in total. The van der Waals surface area contributed by atoms with Gasteiger partial charge in [0.25, 0.3) is 0 Å². The smallest absolute Gasteiger partial charge is 0.408 e. The van der Waals surface area contributed by atoms with Crippen molar-refractivity contribution < 1.29 is 48.8 Å². The fourth-order valence-electron chi connectivity index (χ4n) is 7.76. The minimum atomic E-state index is -1.63. The Hall–Kier alpha value is -3.79. The molecule has 1 heterocycles. The third kappa shape index (κ3) is 23.1. The molecule has 0 bridgehead atoms. The van der Waals surface area contributed by atoms with Crippen LogP contribution in [-0.2, 0) is 35.3 Å². The molecule has 0 radical (unpaired) electrons. The molecular formula is C47H81N5O10. The first-order valence-electron chi connectivity index (χ1n) is 23.8. The molecule has 0 aromatic heterocycles. The van der Waals surface area contributed by atoms with E-state index in [1.807, 2.05) is 6.07 Å². The average Bonchev–Trinajstić information content (AvgIpc) is 3.26. The number of aliphatic hydroxyl groups is 3. The van der Waals surface area contributed by atoms with Crippen LogP contribution in [0.25, 0.3) is 0 Å². The molecule has 1 saturated heterocycles. The van der Waals surface area contributed by atoms with Crippen LogP contribution in [-0.4, -0.2) is 106 Å².